The van der Waals surface area contributed by atoms with Crippen LogP contribution in [0.4, 0.5) is 0 Å². The number of rotatable bonds is 6. The Bertz CT molecular complexity index is 3820. The smallest absolute Gasteiger partial charge is 0.238 e. The van der Waals surface area contributed by atoms with Crippen LogP contribution in [-0.4, -0.2) is 35.3 Å². The lowest BCUT2D eigenvalue weighted by Crippen LogP contribution is -2.74. The monoisotopic (exact) mass is 763 g/mol. The topological polar surface area (TPSA) is 58.4 Å². The molecule has 0 unspecified atom stereocenters. The third-order valence-corrected chi connectivity index (χ3v) is 14.8. The summed E-state index contributed by atoms with van der Waals surface area (Å²) in [5.74, 6) is -1.10. The number of benzene rings is 8. The minimum Gasteiger partial charge on any atom is -0.300 e. The summed E-state index contributed by atoms with van der Waals surface area (Å²) < 4.78 is 143. The van der Waals surface area contributed by atoms with E-state index in [1.165, 1.54) is 0 Å². The van der Waals surface area contributed by atoms with Crippen molar-refractivity contribution in [2.45, 2.75) is 0 Å². The van der Waals surface area contributed by atoms with E-state index in [0.29, 0.717) is 0 Å². The van der Waals surface area contributed by atoms with Crippen LogP contribution >= 0.6 is 0 Å². The van der Waals surface area contributed by atoms with Gasteiger partial charge in [-0.05, 0) is 44.9 Å². The van der Waals surface area contributed by atoms with Crippen molar-refractivity contribution in [3.05, 3.63) is 218 Å². The Hall–Kier alpha value is -7.41. The van der Waals surface area contributed by atoms with Gasteiger partial charge in [0, 0.05) is 27.1 Å². The normalized spacial score (nSPS) is 16.2. The molecule has 0 bridgehead atoms. The minimum atomic E-state index is -3.21. The maximum absolute atomic E-state index is 9.81. The van der Waals surface area contributed by atoms with E-state index >= 15 is 0 Å². The Labute approximate surface area is 354 Å². The largest absolute Gasteiger partial charge is 0.300 e. The molecule has 6 heteroatoms. The van der Waals surface area contributed by atoms with Gasteiger partial charge >= 0.3 is 0 Å². The fourth-order valence-electron chi connectivity index (χ4n) is 7.56. The highest BCUT2D eigenvalue weighted by Crippen LogP contribution is 2.30. The molecule has 0 amide bonds. The average Bonchev–Trinajstić information content (AvgIpc) is 3.95. The molecule has 0 saturated carbocycles. The first-order chi connectivity index (χ1) is 34.9. The Balaban J connectivity index is 1.33. The molecule has 0 saturated heterocycles. The maximum atomic E-state index is 9.81. The van der Waals surface area contributed by atoms with Gasteiger partial charge in [0.05, 0.1) is 44.0 Å². The first kappa shape index (κ1) is 21.0. The van der Waals surface area contributed by atoms with Crippen molar-refractivity contribution in [1.29, 1.82) is 5.41 Å². The van der Waals surface area contributed by atoms with Gasteiger partial charge in [0.1, 0.15) is 6.34 Å². The Kier molecular flexibility index (Phi) is 5.29. The molecule has 10 rings (SSSR count). The molecule has 0 spiro atoms. The predicted molar refractivity (Wildman–Crippen MR) is 242 cm³/mol. The number of aliphatic imine (C=N–C) groups is 2. The van der Waals surface area contributed by atoms with Crippen LogP contribution in [0.5, 0.6) is 0 Å². The Morgan fingerprint density at radius 1 is 0.491 bits per heavy atom. The van der Waals surface area contributed by atoms with Gasteiger partial charge in [0.25, 0.3) is 0 Å². The van der Waals surface area contributed by atoms with E-state index in [2.05, 4.69) is 41.4 Å². The van der Waals surface area contributed by atoms with Crippen LogP contribution in [0.1, 0.15) is 27.5 Å². The summed E-state index contributed by atoms with van der Waals surface area (Å²) in [6, 6.07) is 26.4. The second-order valence-corrected chi connectivity index (χ2v) is 16.8. The SMILES string of the molecule is [2H]c1c([2H])c([2H])c2c(c1[2H])c1c([2H])c([2H])c([2H])c([2H])c1n2C=NC(=NC(=N)c1cccc([Si](c2ccccc2)(c2ccccc2)c2ccccc2)c1)n1c2c([2H])c([2H])c([2H])c([2H])c2c2c([2H])c([2H])c([2H])c([2H])c21. The molecular formula is C51H37N5Si. The molecule has 5 nitrogen and oxygen atoms in total. The molecule has 0 radical (unpaired) electrons. The van der Waals surface area contributed by atoms with Gasteiger partial charge < -0.3 is 0 Å². The number of fused-ring (bicyclic) bond motifs is 6. The van der Waals surface area contributed by atoms with Gasteiger partial charge in [-0.3, -0.25) is 14.5 Å². The molecule has 0 atom stereocenters. The summed E-state index contributed by atoms with van der Waals surface area (Å²) >= 11 is 0. The van der Waals surface area contributed by atoms with Crippen molar-refractivity contribution in [3.63, 3.8) is 0 Å². The van der Waals surface area contributed by atoms with E-state index in [1.54, 1.807) is 12.1 Å². The van der Waals surface area contributed by atoms with Crippen molar-refractivity contribution in [2.75, 3.05) is 0 Å². The van der Waals surface area contributed by atoms with Gasteiger partial charge in [-0.15, -0.1) is 0 Å². The lowest BCUT2D eigenvalue weighted by Gasteiger charge is -2.34. The predicted octanol–water partition coefficient (Wildman–Crippen LogP) is 9.09. The van der Waals surface area contributed by atoms with Gasteiger partial charge in [0.15, 0.2) is 13.9 Å². The zero-order valence-corrected chi connectivity index (χ0v) is 30.8. The number of nitrogens with one attached hydrogen (secondary N) is 1. The van der Waals surface area contributed by atoms with Gasteiger partial charge in [-0.1, -0.05) is 188 Å². The Morgan fingerprint density at radius 2 is 0.895 bits per heavy atom. The van der Waals surface area contributed by atoms with Crippen molar-refractivity contribution in [2.24, 2.45) is 9.98 Å². The van der Waals surface area contributed by atoms with E-state index in [9.17, 15) is 8.15 Å². The summed E-state index contributed by atoms with van der Waals surface area (Å²) in [6.07, 6.45) is 0.946. The number of nitrogens with zero attached hydrogens (tertiary/aromatic N) is 4. The number of hydrogen-bond donors (Lipinski definition) is 1. The first-order valence-electron chi connectivity index (χ1n) is 25.9. The summed E-state index contributed by atoms with van der Waals surface area (Å²) in [5.41, 5.74) is -1.17. The molecule has 8 aromatic carbocycles. The van der Waals surface area contributed by atoms with E-state index in [4.69, 9.17) is 24.2 Å². The summed E-state index contributed by atoms with van der Waals surface area (Å²) in [5, 5.41) is 12.6. The summed E-state index contributed by atoms with van der Waals surface area (Å²) in [7, 11) is -3.21. The summed E-state index contributed by atoms with van der Waals surface area (Å²) in [4.78, 5) is 9.43. The first-order valence-corrected chi connectivity index (χ1v) is 19.9. The van der Waals surface area contributed by atoms with E-state index in [0.717, 1.165) is 36.2 Å². The van der Waals surface area contributed by atoms with Crippen molar-refractivity contribution in [1.82, 2.24) is 9.13 Å². The van der Waals surface area contributed by atoms with Crippen molar-refractivity contribution in [3.8, 4) is 0 Å². The van der Waals surface area contributed by atoms with Crippen LogP contribution in [-0.2, 0) is 0 Å². The highest BCUT2D eigenvalue weighted by molar-refractivity contribution is 7.19. The highest BCUT2D eigenvalue weighted by atomic mass is 28.3. The lowest BCUT2D eigenvalue weighted by molar-refractivity contribution is 1.21. The van der Waals surface area contributed by atoms with Gasteiger partial charge in [0.2, 0.25) is 5.96 Å². The molecule has 0 aliphatic rings. The summed E-state index contributed by atoms with van der Waals surface area (Å²) in [6.45, 7) is 0. The minimum absolute atomic E-state index is 0.231. The van der Waals surface area contributed by atoms with E-state index in [1.807, 2.05) is 66.7 Å². The third-order valence-electron chi connectivity index (χ3n) is 9.99. The zero-order valence-electron chi connectivity index (χ0n) is 45.8. The van der Waals surface area contributed by atoms with Crippen LogP contribution < -0.4 is 20.7 Å². The third kappa shape index (κ3) is 5.74. The van der Waals surface area contributed by atoms with Crippen LogP contribution in [0.3, 0.4) is 0 Å². The standard InChI is InChI=1S/C51H37N5Si/c52-50(37-19-18-26-41(35-37)57(38-20-4-1-5-21-38,39-22-6-2-7-23-39)40-24-8-3-9-25-40)54-51(56-48-33-16-12-29-44(48)45-30-13-17-34-49(45)56)53-36-55-46-31-14-10-27-42(46)43-28-11-15-32-47(43)55/h1-36,52H/i10D,11D,12D,13D,14D,15D,16D,17D,27D,28D,29D,30D,31D,32D,33D,34D. The molecule has 1 N–H and O–H groups in total. The molecule has 270 valence electrons. The van der Waals surface area contributed by atoms with Gasteiger partial charge in [-0.2, -0.15) is 4.99 Å². The maximum Gasteiger partial charge on any atom is 0.238 e. The Morgan fingerprint density at radius 3 is 1.37 bits per heavy atom. The lowest BCUT2D eigenvalue weighted by atomic mass is 10.2. The van der Waals surface area contributed by atoms with Crippen LogP contribution in [0.2, 0.25) is 0 Å². The highest BCUT2D eigenvalue weighted by Gasteiger charge is 2.41. The van der Waals surface area contributed by atoms with E-state index < -0.39 is 117 Å². The van der Waals surface area contributed by atoms with Crippen LogP contribution in [0, 0.1) is 5.41 Å². The number of amidine groups is 1. The van der Waals surface area contributed by atoms with Crippen LogP contribution in [0.25, 0.3) is 43.6 Å². The van der Waals surface area contributed by atoms with E-state index in [-0.39, 0.29) is 49.2 Å². The zero-order chi connectivity index (χ0) is 52.1. The second-order valence-electron chi connectivity index (χ2n) is 13.0. The molecular weight excluding hydrogens is 711 g/mol. The molecule has 2 heterocycles. The molecule has 0 aliphatic carbocycles. The number of para-hydroxylation sites is 4. The molecule has 2 aromatic heterocycles. The fourth-order valence-corrected chi connectivity index (χ4v) is 12.4. The molecule has 0 fully saturated rings. The van der Waals surface area contributed by atoms with Crippen LogP contribution in [0.15, 0.2) is 222 Å². The number of hydrogen-bond acceptors (Lipinski definition) is 1. The molecule has 57 heavy (non-hydrogen) atoms. The fraction of sp³-hybridized carbons (Fsp3) is 0. The van der Waals surface area contributed by atoms with Gasteiger partial charge in [-0.25, -0.2) is 4.99 Å². The number of aromatic nitrogens is 2. The second kappa shape index (κ2) is 14.3. The average molecular weight is 764 g/mol. The van der Waals surface area contributed by atoms with Crippen molar-refractivity contribution < 1.29 is 21.9 Å². The van der Waals surface area contributed by atoms with Crippen molar-refractivity contribution >= 4 is 90.6 Å². The molecule has 0 aliphatic heterocycles. The quantitative estimate of drug-likeness (QED) is 0.0761. The molecule has 10 aromatic rings.